The SMILES string of the molecule is C/C=C/CC/C=C/CC/C=C/C(O)C(COC1OC(CO)C(O)C(O)C1O)NC(=O)CCCCCCCCC/C=C\C/C=C\CCCCCOC(=O)CCCCCCCCCCC/C=C\CCCCCCCC. The highest BCUT2D eigenvalue weighted by molar-refractivity contribution is 5.76. The number of amides is 1. The van der Waals surface area contributed by atoms with E-state index in [0.29, 0.717) is 25.9 Å². The Labute approximate surface area is 445 Å². The first-order valence-corrected chi connectivity index (χ1v) is 29.7. The van der Waals surface area contributed by atoms with Gasteiger partial charge in [0.15, 0.2) is 6.29 Å². The second-order valence-electron chi connectivity index (χ2n) is 20.3. The van der Waals surface area contributed by atoms with Crippen molar-refractivity contribution in [2.45, 2.75) is 288 Å². The minimum Gasteiger partial charge on any atom is -0.466 e. The molecule has 1 heterocycles. The van der Waals surface area contributed by atoms with Crippen molar-refractivity contribution in [3.63, 3.8) is 0 Å². The van der Waals surface area contributed by atoms with Crippen LogP contribution in [0, 0.1) is 0 Å². The number of hydrogen-bond acceptors (Lipinski definition) is 10. The van der Waals surface area contributed by atoms with Crippen molar-refractivity contribution in [1.29, 1.82) is 0 Å². The number of esters is 1. The minimum absolute atomic E-state index is 0.0352. The number of hydrogen-bond donors (Lipinski definition) is 6. The van der Waals surface area contributed by atoms with Gasteiger partial charge in [0, 0.05) is 12.8 Å². The molecule has 1 aliphatic rings. The number of rotatable bonds is 50. The van der Waals surface area contributed by atoms with E-state index in [2.05, 4.69) is 66.9 Å². The molecular weight excluding hydrogens is 919 g/mol. The Bertz CT molecular complexity index is 1440. The molecule has 0 aromatic rings. The molecule has 7 unspecified atom stereocenters. The number of carbonyl (C=O) groups excluding carboxylic acids is 2. The van der Waals surface area contributed by atoms with Crippen LogP contribution in [0.4, 0.5) is 0 Å². The van der Waals surface area contributed by atoms with Gasteiger partial charge in [-0.1, -0.05) is 189 Å². The maximum Gasteiger partial charge on any atom is 0.305 e. The summed E-state index contributed by atoms with van der Waals surface area (Å²) in [7, 11) is 0. The molecule has 11 nitrogen and oxygen atoms in total. The van der Waals surface area contributed by atoms with Crippen LogP contribution in [0.1, 0.15) is 245 Å². The average Bonchev–Trinajstić information content (AvgIpc) is 3.39. The van der Waals surface area contributed by atoms with Gasteiger partial charge in [-0.2, -0.15) is 0 Å². The third kappa shape index (κ3) is 41.0. The van der Waals surface area contributed by atoms with Gasteiger partial charge in [0.1, 0.15) is 24.4 Å². The Morgan fingerprint density at radius 3 is 1.52 bits per heavy atom. The van der Waals surface area contributed by atoms with E-state index >= 15 is 0 Å². The Kier molecular flexibility index (Phi) is 47.8. The lowest BCUT2D eigenvalue weighted by Gasteiger charge is -2.40. The Hall–Kier alpha value is -2.90. The van der Waals surface area contributed by atoms with Gasteiger partial charge in [-0.3, -0.25) is 9.59 Å². The molecule has 0 radical (unpaired) electrons. The zero-order valence-electron chi connectivity index (χ0n) is 46.3. The van der Waals surface area contributed by atoms with Gasteiger partial charge < -0.3 is 45.1 Å². The lowest BCUT2D eigenvalue weighted by atomic mass is 9.99. The second-order valence-corrected chi connectivity index (χ2v) is 20.3. The van der Waals surface area contributed by atoms with Gasteiger partial charge in [0.05, 0.1) is 32.0 Å². The molecule has 0 aromatic carbocycles. The van der Waals surface area contributed by atoms with Gasteiger partial charge in [-0.25, -0.2) is 0 Å². The van der Waals surface area contributed by atoms with Crippen LogP contribution in [0.15, 0.2) is 72.9 Å². The summed E-state index contributed by atoms with van der Waals surface area (Å²) in [5, 5.41) is 54.1. The Balaban J connectivity index is 2.05. The summed E-state index contributed by atoms with van der Waals surface area (Å²) in [5.74, 6) is -0.253. The van der Waals surface area contributed by atoms with Crippen molar-refractivity contribution >= 4 is 11.9 Å². The third-order valence-electron chi connectivity index (χ3n) is 13.6. The number of carbonyl (C=O) groups is 2. The number of nitrogens with one attached hydrogen (secondary N) is 1. The van der Waals surface area contributed by atoms with Crippen molar-refractivity contribution in [2.75, 3.05) is 19.8 Å². The summed E-state index contributed by atoms with van der Waals surface area (Å²) in [5.41, 5.74) is 0. The third-order valence-corrected chi connectivity index (χ3v) is 13.6. The van der Waals surface area contributed by atoms with E-state index in [1.54, 1.807) is 6.08 Å². The highest BCUT2D eigenvalue weighted by Gasteiger charge is 2.44. The molecule has 0 saturated carbocycles. The molecule has 0 aliphatic carbocycles. The van der Waals surface area contributed by atoms with E-state index in [1.807, 2.05) is 19.1 Å². The van der Waals surface area contributed by atoms with E-state index in [0.717, 1.165) is 96.3 Å². The fourth-order valence-corrected chi connectivity index (χ4v) is 8.85. The second kappa shape index (κ2) is 51.2. The molecule has 0 spiro atoms. The van der Waals surface area contributed by atoms with Crippen LogP contribution in [-0.2, 0) is 23.8 Å². The lowest BCUT2D eigenvalue weighted by Crippen LogP contribution is -2.60. The molecule has 1 rings (SSSR count). The minimum atomic E-state index is -1.59. The van der Waals surface area contributed by atoms with E-state index in [-0.39, 0.29) is 18.5 Å². The van der Waals surface area contributed by atoms with Crippen LogP contribution in [0.2, 0.25) is 0 Å². The van der Waals surface area contributed by atoms with Crippen LogP contribution < -0.4 is 5.32 Å². The summed E-state index contributed by atoms with van der Waals surface area (Å²) in [4.78, 5) is 25.1. The Morgan fingerprint density at radius 1 is 0.534 bits per heavy atom. The quantitative estimate of drug-likeness (QED) is 0.0195. The molecule has 73 heavy (non-hydrogen) atoms. The van der Waals surface area contributed by atoms with E-state index in [9.17, 15) is 35.1 Å². The molecule has 7 atom stereocenters. The standard InChI is InChI=1S/C62H109NO10/c1-3-5-7-9-11-13-14-15-16-17-18-21-24-27-30-34-38-42-46-50-58(67)71-51-47-43-39-35-31-28-25-22-19-20-23-26-29-33-37-41-45-49-57(66)63-54(55(65)48-44-40-36-32-12-10-8-6-4-2)53-72-62-61(70)60(69)59(68)56(52-64)73-62/h4,6,12,15-16,19,22,28,31-32,44,48,54-56,59-62,64-65,68-70H,3,5,7-11,13-14,17-18,20-21,23-27,29-30,33-43,45-47,49-53H2,1-2H3,(H,63,66)/b6-4+,16-15-,22-19-,31-28-,32-12+,48-44+. The number of ether oxygens (including phenoxy) is 3. The van der Waals surface area contributed by atoms with Gasteiger partial charge in [-0.05, 0) is 116 Å². The maximum absolute atomic E-state index is 13.0. The van der Waals surface area contributed by atoms with Crippen molar-refractivity contribution < 1.29 is 49.3 Å². The maximum atomic E-state index is 13.0. The first kappa shape index (κ1) is 68.1. The average molecular weight is 1030 g/mol. The van der Waals surface area contributed by atoms with E-state index in [4.69, 9.17) is 14.2 Å². The summed E-state index contributed by atoms with van der Waals surface area (Å²) in [6.45, 7) is 4.01. The first-order valence-electron chi connectivity index (χ1n) is 29.7. The van der Waals surface area contributed by atoms with Crippen molar-refractivity contribution in [1.82, 2.24) is 5.32 Å². The normalized spacial score (nSPS) is 19.5. The van der Waals surface area contributed by atoms with Gasteiger partial charge >= 0.3 is 5.97 Å². The largest absolute Gasteiger partial charge is 0.466 e. The molecule has 1 aliphatic heterocycles. The zero-order valence-corrected chi connectivity index (χ0v) is 46.3. The van der Waals surface area contributed by atoms with E-state index < -0.39 is 49.5 Å². The smallest absolute Gasteiger partial charge is 0.305 e. The molecular formula is C62H109NO10. The van der Waals surface area contributed by atoms with Crippen molar-refractivity contribution in [2.24, 2.45) is 0 Å². The molecule has 1 saturated heterocycles. The van der Waals surface area contributed by atoms with Gasteiger partial charge in [0.25, 0.3) is 0 Å². The first-order chi connectivity index (χ1) is 35.7. The molecule has 11 heteroatoms. The van der Waals surface area contributed by atoms with Crippen molar-refractivity contribution in [3.8, 4) is 0 Å². The van der Waals surface area contributed by atoms with Crippen LogP contribution >= 0.6 is 0 Å². The van der Waals surface area contributed by atoms with E-state index in [1.165, 1.54) is 116 Å². The molecule has 6 N–H and O–H groups in total. The summed E-state index contributed by atoms with van der Waals surface area (Å²) < 4.78 is 16.6. The van der Waals surface area contributed by atoms with Gasteiger partial charge in [-0.15, -0.1) is 0 Å². The topological polar surface area (TPSA) is 175 Å². The number of unbranched alkanes of at least 4 members (excludes halogenated alkanes) is 27. The fourth-order valence-electron chi connectivity index (χ4n) is 8.85. The van der Waals surface area contributed by atoms with Crippen LogP contribution in [-0.4, -0.2) is 100 Å². The summed E-state index contributed by atoms with van der Waals surface area (Å²) in [6, 6.07) is -0.847. The predicted octanol–water partition coefficient (Wildman–Crippen LogP) is 13.6. The van der Waals surface area contributed by atoms with Crippen LogP contribution in [0.25, 0.3) is 0 Å². The number of aliphatic hydroxyl groups is 5. The monoisotopic (exact) mass is 1030 g/mol. The van der Waals surface area contributed by atoms with Gasteiger partial charge in [0.2, 0.25) is 5.91 Å². The van der Waals surface area contributed by atoms with Crippen LogP contribution in [0.5, 0.6) is 0 Å². The highest BCUT2D eigenvalue weighted by atomic mass is 16.7. The predicted molar refractivity (Wildman–Crippen MR) is 301 cm³/mol. The molecule has 0 bridgehead atoms. The summed E-state index contributed by atoms with van der Waals surface area (Å²) in [6.07, 6.45) is 57.5. The molecule has 1 amide bonds. The lowest BCUT2D eigenvalue weighted by molar-refractivity contribution is -0.302. The molecule has 1 fully saturated rings. The molecule has 0 aromatic heterocycles. The zero-order chi connectivity index (χ0) is 53.1. The summed E-state index contributed by atoms with van der Waals surface area (Å²) >= 11 is 0. The highest BCUT2D eigenvalue weighted by Crippen LogP contribution is 2.23. The number of aliphatic hydroxyl groups excluding tert-OH is 5. The van der Waals surface area contributed by atoms with Crippen LogP contribution in [0.3, 0.4) is 0 Å². The van der Waals surface area contributed by atoms with Crippen molar-refractivity contribution in [3.05, 3.63) is 72.9 Å². The Morgan fingerprint density at radius 2 is 0.986 bits per heavy atom. The number of allylic oxidation sites excluding steroid dienone is 11. The molecule has 422 valence electrons. The fraction of sp³-hybridized carbons (Fsp3) is 0.774.